The Hall–Kier alpha value is -3.54. The summed E-state index contributed by atoms with van der Waals surface area (Å²) in [4.78, 5) is 0. The molecule has 1 heterocycles. The van der Waals surface area contributed by atoms with Crippen LogP contribution in [0.4, 0.5) is 4.39 Å². The molecule has 0 bridgehead atoms. The van der Waals surface area contributed by atoms with Crippen molar-refractivity contribution in [1.29, 1.82) is 0 Å². The number of hydrogen-bond acceptors (Lipinski definition) is 4. The number of nitrogens with one attached hydrogen (secondary N) is 1. The number of methoxy groups -OCH3 is 3. The smallest absolute Gasteiger partial charge is 0.203 e. The van der Waals surface area contributed by atoms with E-state index in [1.54, 1.807) is 33.5 Å². The molecule has 142 valence electrons. The average molecular weight is 378 g/mol. The van der Waals surface area contributed by atoms with E-state index in [9.17, 15) is 4.39 Å². The average Bonchev–Trinajstić information content (AvgIpc) is 3.16. The van der Waals surface area contributed by atoms with Gasteiger partial charge < -0.3 is 14.2 Å². The molecule has 0 unspecified atom stereocenters. The standard InChI is InChI=1S/C22H19FN2O3/c1-26-19-11-15(12-20(27-2)22(19)28-3)14-6-9-18-17(10-14)21(25-24-18)13-4-7-16(23)8-5-13/h4-12H,1-3H3,(H,24,25). The monoisotopic (exact) mass is 378 g/mol. The minimum atomic E-state index is -0.276. The first kappa shape index (κ1) is 17.9. The Kier molecular flexibility index (Phi) is 4.61. The number of hydrogen-bond donors (Lipinski definition) is 1. The van der Waals surface area contributed by atoms with E-state index < -0.39 is 0 Å². The highest BCUT2D eigenvalue weighted by molar-refractivity contribution is 5.95. The van der Waals surface area contributed by atoms with Gasteiger partial charge in [-0.05, 0) is 59.7 Å². The maximum atomic E-state index is 13.3. The number of benzene rings is 3. The van der Waals surface area contributed by atoms with Gasteiger partial charge in [-0.2, -0.15) is 5.10 Å². The molecule has 0 aliphatic heterocycles. The largest absolute Gasteiger partial charge is 0.493 e. The highest BCUT2D eigenvalue weighted by Crippen LogP contribution is 2.42. The summed E-state index contributed by atoms with van der Waals surface area (Å²) in [6, 6.07) is 16.1. The molecule has 28 heavy (non-hydrogen) atoms. The van der Waals surface area contributed by atoms with E-state index >= 15 is 0 Å². The summed E-state index contributed by atoms with van der Waals surface area (Å²) in [5.41, 5.74) is 4.40. The van der Waals surface area contributed by atoms with Crippen LogP contribution in [0.1, 0.15) is 0 Å². The van der Waals surface area contributed by atoms with Crippen LogP contribution in [0.15, 0.2) is 54.6 Å². The molecule has 0 aliphatic carbocycles. The van der Waals surface area contributed by atoms with Crippen molar-refractivity contribution < 1.29 is 18.6 Å². The Balaban J connectivity index is 1.86. The molecule has 0 aliphatic rings. The van der Waals surface area contributed by atoms with E-state index in [0.29, 0.717) is 17.2 Å². The number of aromatic nitrogens is 2. The van der Waals surface area contributed by atoms with Gasteiger partial charge in [0.25, 0.3) is 0 Å². The zero-order chi connectivity index (χ0) is 19.7. The van der Waals surface area contributed by atoms with Crippen LogP contribution in [0.25, 0.3) is 33.3 Å². The van der Waals surface area contributed by atoms with Gasteiger partial charge in [0, 0.05) is 10.9 Å². The lowest BCUT2D eigenvalue weighted by Crippen LogP contribution is -1.95. The van der Waals surface area contributed by atoms with Gasteiger partial charge in [-0.15, -0.1) is 0 Å². The SMILES string of the molecule is COc1cc(-c2ccc3[nH]nc(-c4ccc(F)cc4)c3c2)cc(OC)c1OC. The first-order chi connectivity index (χ1) is 13.6. The van der Waals surface area contributed by atoms with Crippen molar-refractivity contribution in [2.45, 2.75) is 0 Å². The van der Waals surface area contributed by atoms with Crippen LogP contribution in [0.3, 0.4) is 0 Å². The first-order valence-electron chi connectivity index (χ1n) is 8.69. The lowest BCUT2D eigenvalue weighted by atomic mass is 10.0. The quantitative estimate of drug-likeness (QED) is 0.527. The number of H-pyrrole nitrogens is 1. The van der Waals surface area contributed by atoms with Gasteiger partial charge in [0.15, 0.2) is 11.5 Å². The summed E-state index contributed by atoms with van der Waals surface area (Å²) in [5, 5.41) is 8.38. The molecule has 5 nitrogen and oxygen atoms in total. The topological polar surface area (TPSA) is 56.4 Å². The summed E-state index contributed by atoms with van der Waals surface area (Å²) in [7, 11) is 4.76. The third kappa shape index (κ3) is 3.03. The lowest BCUT2D eigenvalue weighted by molar-refractivity contribution is 0.324. The van der Waals surface area contributed by atoms with Crippen LogP contribution in [0, 0.1) is 5.82 Å². The molecule has 4 rings (SSSR count). The van der Waals surface area contributed by atoms with E-state index in [-0.39, 0.29) is 5.82 Å². The molecule has 0 atom stereocenters. The van der Waals surface area contributed by atoms with E-state index in [4.69, 9.17) is 14.2 Å². The van der Waals surface area contributed by atoms with Crippen molar-refractivity contribution in [1.82, 2.24) is 10.2 Å². The van der Waals surface area contributed by atoms with Crippen molar-refractivity contribution in [2.24, 2.45) is 0 Å². The molecule has 1 aromatic heterocycles. The Bertz CT molecular complexity index is 1110. The molecule has 0 spiro atoms. The van der Waals surface area contributed by atoms with Crippen molar-refractivity contribution in [2.75, 3.05) is 21.3 Å². The summed E-state index contributed by atoms with van der Waals surface area (Å²) < 4.78 is 29.6. The molecule has 0 saturated carbocycles. The van der Waals surface area contributed by atoms with Gasteiger partial charge in [-0.1, -0.05) is 6.07 Å². The van der Waals surface area contributed by atoms with Crippen molar-refractivity contribution in [3.63, 3.8) is 0 Å². The zero-order valence-corrected chi connectivity index (χ0v) is 15.7. The zero-order valence-electron chi connectivity index (χ0n) is 15.7. The van der Waals surface area contributed by atoms with E-state index in [1.165, 1.54) is 12.1 Å². The summed E-state index contributed by atoms with van der Waals surface area (Å²) in [6.45, 7) is 0. The second kappa shape index (κ2) is 7.23. The molecule has 0 amide bonds. The second-order valence-corrected chi connectivity index (χ2v) is 6.25. The van der Waals surface area contributed by atoms with Crippen LogP contribution in [0.5, 0.6) is 17.2 Å². The fourth-order valence-electron chi connectivity index (χ4n) is 3.27. The minimum absolute atomic E-state index is 0.276. The fraction of sp³-hybridized carbons (Fsp3) is 0.136. The molecule has 4 aromatic rings. The number of rotatable bonds is 5. The van der Waals surface area contributed by atoms with Gasteiger partial charge in [-0.3, -0.25) is 5.10 Å². The van der Waals surface area contributed by atoms with Gasteiger partial charge >= 0.3 is 0 Å². The molecule has 0 saturated heterocycles. The Morgan fingerprint density at radius 2 is 1.39 bits per heavy atom. The van der Waals surface area contributed by atoms with E-state index in [0.717, 1.165) is 33.3 Å². The predicted octanol–water partition coefficient (Wildman–Crippen LogP) is 5.06. The fourth-order valence-corrected chi connectivity index (χ4v) is 3.27. The maximum absolute atomic E-state index is 13.3. The molecular formula is C22H19FN2O3. The van der Waals surface area contributed by atoms with E-state index in [2.05, 4.69) is 10.2 Å². The molecule has 3 aromatic carbocycles. The number of nitrogens with zero attached hydrogens (tertiary/aromatic N) is 1. The second-order valence-electron chi connectivity index (χ2n) is 6.25. The summed E-state index contributed by atoms with van der Waals surface area (Å²) in [6.07, 6.45) is 0. The third-order valence-corrected chi connectivity index (χ3v) is 4.68. The maximum Gasteiger partial charge on any atom is 0.203 e. The highest BCUT2D eigenvalue weighted by Gasteiger charge is 2.15. The summed E-state index contributed by atoms with van der Waals surface area (Å²) >= 11 is 0. The Morgan fingerprint density at radius 3 is 2.00 bits per heavy atom. The van der Waals surface area contributed by atoms with Gasteiger partial charge in [-0.25, -0.2) is 4.39 Å². The number of ether oxygens (including phenoxy) is 3. The number of halogens is 1. The minimum Gasteiger partial charge on any atom is -0.493 e. The number of fused-ring (bicyclic) bond motifs is 1. The van der Waals surface area contributed by atoms with Crippen LogP contribution in [-0.4, -0.2) is 31.5 Å². The van der Waals surface area contributed by atoms with Crippen molar-refractivity contribution in [3.05, 3.63) is 60.4 Å². The Labute approximate surface area is 161 Å². The predicted molar refractivity (Wildman–Crippen MR) is 107 cm³/mol. The highest BCUT2D eigenvalue weighted by atomic mass is 19.1. The van der Waals surface area contributed by atoms with Gasteiger partial charge in [0.1, 0.15) is 5.82 Å². The molecule has 0 radical (unpaired) electrons. The number of aromatic amines is 1. The first-order valence-corrected chi connectivity index (χ1v) is 8.69. The summed E-state index contributed by atoms with van der Waals surface area (Å²) in [5.74, 6) is 1.44. The molecular weight excluding hydrogens is 359 g/mol. The van der Waals surface area contributed by atoms with Crippen molar-refractivity contribution in [3.8, 4) is 39.6 Å². The normalized spacial score (nSPS) is 10.9. The van der Waals surface area contributed by atoms with Gasteiger partial charge in [0.05, 0.1) is 32.5 Å². The molecule has 1 N–H and O–H groups in total. The Morgan fingerprint density at radius 1 is 0.750 bits per heavy atom. The van der Waals surface area contributed by atoms with Crippen LogP contribution in [0.2, 0.25) is 0 Å². The van der Waals surface area contributed by atoms with Crippen LogP contribution >= 0.6 is 0 Å². The van der Waals surface area contributed by atoms with Gasteiger partial charge in [0.2, 0.25) is 5.75 Å². The third-order valence-electron chi connectivity index (χ3n) is 4.68. The van der Waals surface area contributed by atoms with Crippen LogP contribution in [-0.2, 0) is 0 Å². The molecule has 6 heteroatoms. The van der Waals surface area contributed by atoms with Crippen LogP contribution < -0.4 is 14.2 Å². The van der Waals surface area contributed by atoms with Crippen molar-refractivity contribution >= 4 is 10.9 Å². The van der Waals surface area contributed by atoms with E-state index in [1.807, 2.05) is 30.3 Å². The lowest BCUT2D eigenvalue weighted by Gasteiger charge is -2.14. The molecule has 0 fully saturated rings.